The van der Waals surface area contributed by atoms with Crippen LogP contribution in [0.5, 0.6) is 0 Å². The van der Waals surface area contributed by atoms with E-state index in [1.54, 1.807) is 18.4 Å². The largest absolute Gasteiger partial charge is 0.465 e. The number of nitrogens with zero attached hydrogens (tertiary/aromatic N) is 2. The second kappa shape index (κ2) is 6.35. The molecule has 0 aliphatic heterocycles. The molecule has 0 aliphatic rings. The van der Waals surface area contributed by atoms with E-state index < -0.39 is 0 Å². The van der Waals surface area contributed by atoms with E-state index in [0.29, 0.717) is 23.7 Å². The van der Waals surface area contributed by atoms with Crippen LogP contribution in [0.4, 0.5) is 0 Å². The lowest BCUT2D eigenvalue weighted by atomic mass is 10.1. The molecule has 0 bridgehead atoms. The Hall–Kier alpha value is -2.43. The number of aryl methyl sites for hydroxylation is 1. The third-order valence-electron chi connectivity index (χ3n) is 3.29. The van der Waals surface area contributed by atoms with E-state index in [9.17, 15) is 9.59 Å². The van der Waals surface area contributed by atoms with Gasteiger partial charge in [-0.1, -0.05) is 30.3 Å². The van der Waals surface area contributed by atoms with Gasteiger partial charge < -0.3 is 9.30 Å². The third-order valence-corrected chi connectivity index (χ3v) is 3.29. The van der Waals surface area contributed by atoms with Crippen LogP contribution in [0.15, 0.2) is 35.1 Å². The van der Waals surface area contributed by atoms with Crippen LogP contribution in [0.1, 0.15) is 18.4 Å². The summed E-state index contributed by atoms with van der Waals surface area (Å²) in [5, 5.41) is 0. The summed E-state index contributed by atoms with van der Waals surface area (Å²) < 4.78 is 6.68. The van der Waals surface area contributed by atoms with Gasteiger partial charge in [-0.15, -0.1) is 0 Å². The summed E-state index contributed by atoms with van der Waals surface area (Å²) in [4.78, 5) is 27.9. The first-order valence-corrected chi connectivity index (χ1v) is 6.83. The van der Waals surface area contributed by atoms with Crippen molar-refractivity contribution in [2.45, 2.75) is 27.3 Å². The summed E-state index contributed by atoms with van der Waals surface area (Å²) in [5.74, 6) is 0.165. The van der Waals surface area contributed by atoms with Crippen LogP contribution in [0.25, 0.3) is 11.1 Å². The summed E-state index contributed by atoms with van der Waals surface area (Å²) in [5.41, 5.74) is 1.75. The molecule has 0 fully saturated rings. The minimum Gasteiger partial charge on any atom is -0.465 e. The van der Waals surface area contributed by atoms with Crippen LogP contribution in [0, 0.1) is 13.8 Å². The molecular formula is C16H18N2O3. The lowest BCUT2D eigenvalue weighted by Gasteiger charge is -2.16. The van der Waals surface area contributed by atoms with Crippen molar-refractivity contribution in [2.75, 3.05) is 6.61 Å². The van der Waals surface area contributed by atoms with E-state index >= 15 is 0 Å². The standard InChI is InChI=1S/C16H18N2O3/c1-4-21-14(19)10-18-11(2)15(16(20)17-12(18)3)13-8-6-5-7-9-13/h5-9H,4,10H2,1-3H3. The maximum absolute atomic E-state index is 12.2. The normalized spacial score (nSPS) is 10.4. The van der Waals surface area contributed by atoms with Gasteiger partial charge in [-0.25, -0.2) is 0 Å². The molecule has 5 heteroatoms. The molecular weight excluding hydrogens is 268 g/mol. The Balaban J connectivity index is 2.53. The van der Waals surface area contributed by atoms with Gasteiger partial charge in [0.1, 0.15) is 12.4 Å². The zero-order chi connectivity index (χ0) is 15.4. The lowest BCUT2D eigenvalue weighted by Crippen LogP contribution is -2.24. The minimum absolute atomic E-state index is 0.0542. The Morgan fingerprint density at radius 3 is 2.52 bits per heavy atom. The topological polar surface area (TPSA) is 61.2 Å². The lowest BCUT2D eigenvalue weighted by molar-refractivity contribution is -0.143. The van der Waals surface area contributed by atoms with Gasteiger partial charge in [-0.2, -0.15) is 4.98 Å². The predicted octanol–water partition coefficient (Wildman–Crippen LogP) is 2.09. The average molecular weight is 286 g/mol. The monoisotopic (exact) mass is 286 g/mol. The van der Waals surface area contributed by atoms with E-state index in [4.69, 9.17) is 4.74 Å². The van der Waals surface area contributed by atoms with Gasteiger partial charge in [-0.05, 0) is 26.3 Å². The van der Waals surface area contributed by atoms with Crippen LogP contribution in [-0.2, 0) is 16.1 Å². The fourth-order valence-electron chi connectivity index (χ4n) is 2.30. The molecule has 0 radical (unpaired) electrons. The number of carbonyl (C=O) groups is 1. The first-order chi connectivity index (χ1) is 10.0. The van der Waals surface area contributed by atoms with Crippen molar-refractivity contribution in [3.8, 4) is 11.1 Å². The number of benzene rings is 1. The highest BCUT2D eigenvalue weighted by molar-refractivity contribution is 5.70. The molecule has 21 heavy (non-hydrogen) atoms. The number of aromatic nitrogens is 2. The highest BCUT2D eigenvalue weighted by Crippen LogP contribution is 2.19. The number of rotatable bonds is 4. The first-order valence-electron chi connectivity index (χ1n) is 6.83. The Labute approximate surface area is 123 Å². The predicted molar refractivity (Wildman–Crippen MR) is 80.0 cm³/mol. The first kappa shape index (κ1) is 15.0. The van der Waals surface area contributed by atoms with Gasteiger partial charge in [0, 0.05) is 5.69 Å². The quantitative estimate of drug-likeness (QED) is 0.807. The fourth-order valence-corrected chi connectivity index (χ4v) is 2.30. The minimum atomic E-state index is -0.340. The maximum Gasteiger partial charge on any atom is 0.325 e. The molecule has 0 amide bonds. The number of carbonyl (C=O) groups excluding carboxylic acids is 1. The Morgan fingerprint density at radius 2 is 1.90 bits per heavy atom. The zero-order valence-electron chi connectivity index (χ0n) is 12.4. The number of esters is 1. The fraction of sp³-hybridized carbons (Fsp3) is 0.312. The van der Waals surface area contributed by atoms with Gasteiger partial charge in [0.25, 0.3) is 5.56 Å². The molecule has 110 valence electrons. The van der Waals surface area contributed by atoms with E-state index in [-0.39, 0.29) is 18.1 Å². The van der Waals surface area contributed by atoms with E-state index in [2.05, 4.69) is 4.98 Å². The van der Waals surface area contributed by atoms with Crippen molar-refractivity contribution in [1.29, 1.82) is 0 Å². The molecule has 0 aliphatic carbocycles. The molecule has 0 unspecified atom stereocenters. The summed E-state index contributed by atoms with van der Waals surface area (Å²) in [7, 11) is 0. The molecule has 0 N–H and O–H groups in total. The third kappa shape index (κ3) is 3.18. The Kier molecular flexibility index (Phi) is 4.52. The SMILES string of the molecule is CCOC(=O)Cn1c(C)nc(=O)c(-c2ccccc2)c1C. The Morgan fingerprint density at radius 1 is 1.24 bits per heavy atom. The van der Waals surface area contributed by atoms with Crippen molar-refractivity contribution in [3.05, 3.63) is 52.2 Å². The van der Waals surface area contributed by atoms with Gasteiger partial charge in [0.2, 0.25) is 0 Å². The number of hydrogen-bond acceptors (Lipinski definition) is 4. The van der Waals surface area contributed by atoms with Gasteiger partial charge in [-0.3, -0.25) is 9.59 Å². The molecule has 0 saturated heterocycles. The van der Waals surface area contributed by atoms with E-state index in [0.717, 1.165) is 5.56 Å². The molecule has 0 saturated carbocycles. The van der Waals surface area contributed by atoms with Crippen LogP contribution < -0.4 is 5.56 Å². The van der Waals surface area contributed by atoms with Gasteiger partial charge in [0.05, 0.1) is 12.2 Å². The van der Waals surface area contributed by atoms with Crippen LogP contribution in [-0.4, -0.2) is 22.1 Å². The van der Waals surface area contributed by atoms with E-state index in [1.165, 1.54) is 0 Å². The molecule has 0 spiro atoms. The highest BCUT2D eigenvalue weighted by Gasteiger charge is 2.15. The number of hydrogen-bond donors (Lipinski definition) is 0. The number of ether oxygens (including phenoxy) is 1. The molecule has 5 nitrogen and oxygen atoms in total. The van der Waals surface area contributed by atoms with Crippen LogP contribution in [0.2, 0.25) is 0 Å². The van der Waals surface area contributed by atoms with Crippen LogP contribution in [0.3, 0.4) is 0 Å². The second-order valence-corrected chi connectivity index (χ2v) is 4.68. The molecule has 1 aromatic heterocycles. The highest BCUT2D eigenvalue weighted by atomic mass is 16.5. The molecule has 1 heterocycles. The summed E-state index contributed by atoms with van der Waals surface area (Å²) in [6, 6.07) is 9.33. The Bertz CT molecular complexity index is 705. The summed E-state index contributed by atoms with van der Waals surface area (Å²) in [6.45, 7) is 5.67. The van der Waals surface area contributed by atoms with Crippen molar-refractivity contribution >= 4 is 5.97 Å². The summed E-state index contributed by atoms with van der Waals surface area (Å²) in [6.07, 6.45) is 0. The molecule has 1 aromatic carbocycles. The second-order valence-electron chi connectivity index (χ2n) is 4.68. The van der Waals surface area contributed by atoms with Crippen molar-refractivity contribution in [3.63, 3.8) is 0 Å². The molecule has 2 aromatic rings. The molecule has 0 atom stereocenters. The van der Waals surface area contributed by atoms with Gasteiger partial charge >= 0.3 is 5.97 Å². The zero-order valence-corrected chi connectivity index (χ0v) is 12.4. The van der Waals surface area contributed by atoms with Crippen molar-refractivity contribution in [2.24, 2.45) is 0 Å². The smallest absolute Gasteiger partial charge is 0.325 e. The summed E-state index contributed by atoms with van der Waals surface area (Å²) >= 11 is 0. The molecule has 2 rings (SSSR count). The van der Waals surface area contributed by atoms with Crippen molar-refractivity contribution in [1.82, 2.24) is 9.55 Å². The maximum atomic E-state index is 12.2. The average Bonchev–Trinajstić information content (AvgIpc) is 2.45. The van der Waals surface area contributed by atoms with Gasteiger partial charge in [0.15, 0.2) is 0 Å². The van der Waals surface area contributed by atoms with Crippen molar-refractivity contribution < 1.29 is 9.53 Å². The van der Waals surface area contributed by atoms with E-state index in [1.807, 2.05) is 37.3 Å². The van der Waals surface area contributed by atoms with Crippen LogP contribution >= 0.6 is 0 Å².